The normalized spacial score (nSPS) is 41.8. The fourth-order valence-corrected chi connectivity index (χ4v) is 2.78. The van der Waals surface area contributed by atoms with Crippen LogP contribution in [0.3, 0.4) is 0 Å². The van der Waals surface area contributed by atoms with Crippen LogP contribution in [0.5, 0.6) is 0 Å². The van der Waals surface area contributed by atoms with Crippen molar-refractivity contribution in [1.29, 1.82) is 0 Å². The first kappa shape index (κ1) is 11.4. The van der Waals surface area contributed by atoms with Gasteiger partial charge in [0.15, 0.2) is 5.79 Å². The van der Waals surface area contributed by atoms with Crippen molar-refractivity contribution in [1.82, 2.24) is 0 Å². The molecule has 2 N–H and O–H groups in total. The van der Waals surface area contributed by atoms with Crippen LogP contribution in [-0.4, -0.2) is 41.4 Å². The van der Waals surface area contributed by atoms with Crippen molar-refractivity contribution in [2.75, 3.05) is 13.2 Å². The summed E-state index contributed by atoms with van der Waals surface area (Å²) in [5.41, 5.74) is 2.55. The molecule has 4 nitrogen and oxygen atoms in total. The van der Waals surface area contributed by atoms with Crippen molar-refractivity contribution < 1.29 is 19.7 Å². The van der Waals surface area contributed by atoms with Gasteiger partial charge in [-0.05, 0) is 24.0 Å². The first-order chi connectivity index (χ1) is 8.20. The van der Waals surface area contributed by atoms with Crippen LogP contribution in [-0.2, 0) is 9.47 Å². The van der Waals surface area contributed by atoms with E-state index >= 15 is 0 Å². The molecule has 2 aliphatic heterocycles. The maximum absolute atomic E-state index is 10.1. The average molecular weight is 238 g/mol. The molecule has 0 amide bonds. The van der Waals surface area contributed by atoms with Crippen molar-refractivity contribution in [3.8, 4) is 0 Å². The highest BCUT2D eigenvalue weighted by Gasteiger charge is 2.47. The van der Waals surface area contributed by atoms with Gasteiger partial charge in [0, 0.05) is 12.8 Å². The molecule has 3 atom stereocenters. The summed E-state index contributed by atoms with van der Waals surface area (Å²) in [5, 5.41) is 19.5. The summed E-state index contributed by atoms with van der Waals surface area (Å²) in [6, 6.07) is 0. The lowest BCUT2D eigenvalue weighted by atomic mass is 9.86. The van der Waals surface area contributed by atoms with Gasteiger partial charge in [-0.1, -0.05) is 12.2 Å². The lowest BCUT2D eigenvalue weighted by Crippen LogP contribution is -2.56. The van der Waals surface area contributed by atoms with Gasteiger partial charge in [0.25, 0.3) is 0 Å². The molecule has 3 rings (SSSR count). The fourth-order valence-electron chi connectivity index (χ4n) is 2.78. The number of hydrogen-bond donors (Lipinski definition) is 2. The lowest BCUT2D eigenvalue weighted by Gasteiger charge is -2.45. The van der Waals surface area contributed by atoms with Crippen molar-refractivity contribution in [2.45, 2.75) is 43.7 Å². The zero-order valence-corrected chi connectivity index (χ0v) is 9.76. The van der Waals surface area contributed by atoms with Crippen LogP contribution in [0.25, 0.3) is 0 Å². The second-order valence-electron chi connectivity index (χ2n) is 5.06. The lowest BCUT2D eigenvalue weighted by molar-refractivity contribution is -0.314. The molecule has 1 saturated heterocycles. The van der Waals surface area contributed by atoms with E-state index in [-0.39, 0.29) is 6.61 Å². The predicted octanol–water partition coefficient (Wildman–Crippen LogP) is 0.892. The first-order valence-electron chi connectivity index (χ1n) is 6.21. The summed E-state index contributed by atoms with van der Waals surface area (Å²) in [5.74, 6) is -0.931. The van der Waals surface area contributed by atoms with E-state index in [4.69, 9.17) is 9.47 Å². The fraction of sp³-hybridized carbons (Fsp3) is 0.692. The van der Waals surface area contributed by atoms with Crippen LogP contribution in [0.4, 0.5) is 0 Å². The molecule has 0 aromatic heterocycles. The van der Waals surface area contributed by atoms with Crippen molar-refractivity contribution in [3.05, 3.63) is 23.3 Å². The summed E-state index contributed by atoms with van der Waals surface area (Å²) in [6.45, 7) is 0.774. The Kier molecular flexibility index (Phi) is 2.83. The standard InChI is InChI=1S/C13H18O4/c14-11-5-12(15)13(17-8-11)6-9-3-1-2-4-10(9)7-16-13/h1,3,11-12,14-15H,2,4-8H2/t11-,12-,13-/m0/s1. The molecule has 0 saturated carbocycles. The molecule has 1 fully saturated rings. The van der Waals surface area contributed by atoms with Gasteiger partial charge in [0.05, 0.1) is 19.3 Å². The summed E-state index contributed by atoms with van der Waals surface area (Å²) < 4.78 is 11.4. The van der Waals surface area contributed by atoms with Crippen LogP contribution < -0.4 is 0 Å². The minimum Gasteiger partial charge on any atom is -0.391 e. The third-order valence-corrected chi connectivity index (χ3v) is 3.84. The van der Waals surface area contributed by atoms with Crippen LogP contribution in [0, 0.1) is 0 Å². The molecule has 1 spiro atoms. The quantitative estimate of drug-likeness (QED) is 0.658. The van der Waals surface area contributed by atoms with E-state index in [9.17, 15) is 10.2 Å². The third kappa shape index (κ3) is 1.95. The molecule has 0 bridgehead atoms. The van der Waals surface area contributed by atoms with E-state index < -0.39 is 18.0 Å². The van der Waals surface area contributed by atoms with Gasteiger partial charge in [-0.3, -0.25) is 0 Å². The van der Waals surface area contributed by atoms with Crippen LogP contribution in [0.15, 0.2) is 23.3 Å². The number of aliphatic hydroxyl groups is 2. The van der Waals surface area contributed by atoms with Gasteiger partial charge in [-0.15, -0.1) is 0 Å². The minimum atomic E-state index is -0.931. The van der Waals surface area contributed by atoms with E-state index in [0.717, 1.165) is 12.8 Å². The van der Waals surface area contributed by atoms with Crippen molar-refractivity contribution >= 4 is 0 Å². The highest BCUT2D eigenvalue weighted by molar-refractivity contribution is 5.33. The first-order valence-corrected chi connectivity index (χ1v) is 6.21. The highest BCUT2D eigenvalue weighted by Crippen LogP contribution is 2.40. The predicted molar refractivity (Wildman–Crippen MR) is 61.3 cm³/mol. The van der Waals surface area contributed by atoms with E-state index in [1.807, 2.05) is 0 Å². The van der Waals surface area contributed by atoms with Crippen molar-refractivity contribution in [2.24, 2.45) is 0 Å². The largest absolute Gasteiger partial charge is 0.391 e. The zero-order valence-electron chi connectivity index (χ0n) is 9.76. The molecular formula is C13H18O4. The minimum absolute atomic E-state index is 0.239. The van der Waals surface area contributed by atoms with E-state index in [1.165, 1.54) is 11.1 Å². The number of ether oxygens (including phenoxy) is 2. The molecule has 3 aliphatic rings. The maximum Gasteiger partial charge on any atom is 0.199 e. The van der Waals surface area contributed by atoms with Gasteiger partial charge >= 0.3 is 0 Å². The average Bonchev–Trinajstić information content (AvgIpc) is 2.35. The highest BCUT2D eigenvalue weighted by atomic mass is 16.7. The summed E-state index contributed by atoms with van der Waals surface area (Å²) in [4.78, 5) is 0. The monoisotopic (exact) mass is 238 g/mol. The number of allylic oxidation sites excluding steroid dienone is 2. The maximum atomic E-state index is 10.1. The van der Waals surface area contributed by atoms with E-state index in [2.05, 4.69) is 12.2 Å². The van der Waals surface area contributed by atoms with Crippen LogP contribution >= 0.6 is 0 Å². The smallest absolute Gasteiger partial charge is 0.199 e. The molecule has 0 aromatic carbocycles. The SMILES string of the molecule is O[C@@H]1CO[C@@]2(CC3=C(CCC=C3)CO2)[C@@H](O)C1. The Morgan fingerprint density at radius 3 is 3.00 bits per heavy atom. The number of rotatable bonds is 0. The summed E-state index contributed by atoms with van der Waals surface area (Å²) >= 11 is 0. The zero-order chi connectivity index (χ0) is 11.9. The number of hydrogen-bond acceptors (Lipinski definition) is 4. The van der Waals surface area contributed by atoms with Gasteiger partial charge in [-0.25, -0.2) is 0 Å². The third-order valence-electron chi connectivity index (χ3n) is 3.84. The Morgan fingerprint density at radius 2 is 2.18 bits per heavy atom. The van der Waals surface area contributed by atoms with Gasteiger partial charge in [-0.2, -0.15) is 0 Å². The Balaban J connectivity index is 1.82. The Labute approximate surface area is 101 Å². The molecule has 17 heavy (non-hydrogen) atoms. The second kappa shape index (κ2) is 4.21. The summed E-state index contributed by atoms with van der Waals surface area (Å²) in [6.07, 6.45) is 5.95. The molecule has 94 valence electrons. The summed E-state index contributed by atoms with van der Waals surface area (Å²) in [7, 11) is 0. The molecule has 1 aliphatic carbocycles. The van der Waals surface area contributed by atoms with E-state index in [0.29, 0.717) is 19.4 Å². The van der Waals surface area contributed by atoms with E-state index in [1.54, 1.807) is 0 Å². The Morgan fingerprint density at radius 1 is 1.29 bits per heavy atom. The van der Waals surface area contributed by atoms with Gasteiger partial charge < -0.3 is 19.7 Å². The molecular weight excluding hydrogens is 220 g/mol. The molecule has 0 aromatic rings. The van der Waals surface area contributed by atoms with Crippen LogP contribution in [0.2, 0.25) is 0 Å². The van der Waals surface area contributed by atoms with Gasteiger partial charge in [0.1, 0.15) is 6.10 Å². The number of aliphatic hydroxyl groups excluding tert-OH is 2. The molecule has 0 radical (unpaired) electrons. The molecule has 0 unspecified atom stereocenters. The Hall–Kier alpha value is -0.680. The van der Waals surface area contributed by atoms with Crippen molar-refractivity contribution in [3.63, 3.8) is 0 Å². The Bertz CT molecular complexity index is 374. The molecule has 2 heterocycles. The van der Waals surface area contributed by atoms with Crippen LogP contribution in [0.1, 0.15) is 25.7 Å². The molecule has 4 heteroatoms. The second-order valence-corrected chi connectivity index (χ2v) is 5.06. The van der Waals surface area contributed by atoms with Gasteiger partial charge in [0.2, 0.25) is 0 Å². The topological polar surface area (TPSA) is 58.9 Å².